The molecule has 0 atom stereocenters. The molecule has 1 amide bonds. The molecule has 0 heterocycles. The molecule has 0 aromatic heterocycles. The Morgan fingerprint density at radius 2 is 1.81 bits per heavy atom. The van der Waals surface area contributed by atoms with E-state index in [0.29, 0.717) is 24.2 Å². The van der Waals surface area contributed by atoms with Gasteiger partial charge in [0.05, 0.1) is 10.6 Å². The van der Waals surface area contributed by atoms with E-state index in [4.69, 9.17) is 5.11 Å². The first kappa shape index (κ1) is 18.0. The number of nitrogens with one attached hydrogen (secondary N) is 1. The number of benzene rings is 1. The minimum atomic E-state index is -3.28. The largest absolute Gasteiger partial charge is 0.465 e. The quantitative estimate of drug-likeness (QED) is 0.712. The van der Waals surface area contributed by atoms with Crippen molar-refractivity contribution in [3.8, 4) is 0 Å². The van der Waals surface area contributed by atoms with Crippen molar-refractivity contribution in [3.63, 3.8) is 0 Å². The monoisotopic (exact) mass is 377 g/mol. The number of carbonyl (C=O) groups is 1. The summed E-state index contributed by atoms with van der Waals surface area (Å²) < 4.78 is 25.1. The highest BCUT2D eigenvalue weighted by molar-refractivity contribution is 9.10. The standard InChI is InChI=1S/C14H20BrNO4S/c1-14(2,16-13(17)18)9-3-4-10-21(19,20)12-7-5-11(15)6-8-12/h5-8,16H,3-4,9-10H2,1-2H3,(H,17,18). The predicted octanol–water partition coefficient (Wildman–Crippen LogP) is 3.44. The number of carboxylic acid groups (broad SMARTS) is 1. The van der Waals surface area contributed by atoms with Crippen LogP contribution in [0.4, 0.5) is 4.79 Å². The molecule has 0 bridgehead atoms. The molecule has 21 heavy (non-hydrogen) atoms. The molecule has 0 saturated heterocycles. The van der Waals surface area contributed by atoms with Gasteiger partial charge in [-0.1, -0.05) is 22.4 Å². The summed E-state index contributed by atoms with van der Waals surface area (Å²) in [4.78, 5) is 10.9. The van der Waals surface area contributed by atoms with E-state index in [9.17, 15) is 13.2 Å². The lowest BCUT2D eigenvalue weighted by Gasteiger charge is -2.24. The van der Waals surface area contributed by atoms with Crippen molar-refractivity contribution in [2.24, 2.45) is 0 Å². The van der Waals surface area contributed by atoms with Gasteiger partial charge in [-0.2, -0.15) is 0 Å². The molecule has 0 fully saturated rings. The molecule has 2 N–H and O–H groups in total. The fraction of sp³-hybridized carbons (Fsp3) is 0.500. The number of hydrogen-bond donors (Lipinski definition) is 2. The molecule has 0 aliphatic carbocycles. The van der Waals surface area contributed by atoms with Crippen LogP contribution in [0.1, 0.15) is 33.1 Å². The van der Waals surface area contributed by atoms with Crippen LogP contribution in [0.25, 0.3) is 0 Å². The summed E-state index contributed by atoms with van der Waals surface area (Å²) in [6, 6.07) is 6.56. The third-order valence-corrected chi connectivity index (χ3v) is 5.43. The molecule has 0 radical (unpaired) electrons. The molecule has 1 aromatic rings. The number of hydrogen-bond acceptors (Lipinski definition) is 3. The zero-order valence-electron chi connectivity index (χ0n) is 12.1. The molecule has 0 spiro atoms. The summed E-state index contributed by atoms with van der Waals surface area (Å²) in [5.74, 6) is 0.0672. The first-order valence-corrected chi connectivity index (χ1v) is 9.06. The van der Waals surface area contributed by atoms with Gasteiger partial charge < -0.3 is 10.4 Å². The maximum Gasteiger partial charge on any atom is 0.405 e. The Labute approximate surface area is 133 Å². The zero-order valence-corrected chi connectivity index (χ0v) is 14.5. The number of amides is 1. The van der Waals surface area contributed by atoms with Gasteiger partial charge in [0.2, 0.25) is 0 Å². The molecular formula is C14H20BrNO4S. The van der Waals surface area contributed by atoms with E-state index in [0.717, 1.165) is 4.47 Å². The third-order valence-electron chi connectivity index (χ3n) is 3.08. The Balaban J connectivity index is 2.48. The van der Waals surface area contributed by atoms with E-state index in [2.05, 4.69) is 21.2 Å². The van der Waals surface area contributed by atoms with Crippen molar-refractivity contribution in [2.75, 3.05) is 5.75 Å². The smallest absolute Gasteiger partial charge is 0.405 e. The van der Waals surface area contributed by atoms with Gasteiger partial charge in [0.1, 0.15) is 0 Å². The second-order valence-electron chi connectivity index (χ2n) is 5.54. The van der Waals surface area contributed by atoms with Gasteiger partial charge in [0.15, 0.2) is 9.84 Å². The van der Waals surface area contributed by atoms with Gasteiger partial charge in [-0.15, -0.1) is 0 Å². The highest BCUT2D eigenvalue weighted by Crippen LogP contribution is 2.18. The Morgan fingerprint density at radius 3 is 2.33 bits per heavy atom. The normalized spacial score (nSPS) is 12.1. The first-order valence-electron chi connectivity index (χ1n) is 6.62. The number of unbranched alkanes of at least 4 members (excludes halogenated alkanes) is 1. The van der Waals surface area contributed by atoms with Crippen LogP contribution >= 0.6 is 15.9 Å². The van der Waals surface area contributed by atoms with Crippen LogP contribution in [-0.2, 0) is 9.84 Å². The minimum Gasteiger partial charge on any atom is -0.465 e. The van der Waals surface area contributed by atoms with E-state index in [1.54, 1.807) is 38.1 Å². The van der Waals surface area contributed by atoms with Crippen molar-refractivity contribution in [2.45, 2.75) is 43.5 Å². The number of rotatable bonds is 7. The minimum absolute atomic E-state index is 0.0672. The van der Waals surface area contributed by atoms with Crippen LogP contribution in [-0.4, -0.2) is 30.9 Å². The van der Waals surface area contributed by atoms with E-state index < -0.39 is 21.5 Å². The topological polar surface area (TPSA) is 83.5 Å². The van der Waals surface area contributed by atoms with Crippen LogP contribution in [0.2, 0.25) is 0 Å². The van der Waals surface area contributed by atoms with E-state index in [1.165, 1.54) is 0 Å². The number of sulfone groups is 1. The van der Waals surface area contributed by atoms with Gasteiger partial charge in [-0.3, -0.25) is 0 Å². The molecule has 1 rings (SSSR count). The van der Waals surface area contributed by atoms with Crippen molar-refractivity contribution in [1.29, 1.82) is 0 Å². The second-order valence-corrected chi connectivity index (χ2v) is 8.57. The Hall–Kier alpha value is -1.08. The van der Waals surface area contributed by atoms with Gasteiger partial charge in [-0.25, -0.2) is 13.2 Å². The third kappa shape index (κ3) is 6.48. The maximum absolute atomic E-state index is 12.1. The lowest BCUT2D eigenvalue weighted by Crippen LogP contribution is -2.42. The van der Waals surface area contributed by atoms with Crippen LogP contribution in [0.5, 0.6) is 0 Å². The summed E-state index contributed by atoms with van der Waals surface area (Å²) in [6.07, 6.45) is 0.670. The summed E-state index contributed by atoms with van der Waals surface area (Å²) in [7, 11) is -3.28. The van der Waals surface area contributed by atoms with Crippen molar-refractivity contribution in [1.82, 2.24) is 5.32 Å². The van der Waals surface area contributed by atoms with Crippen molar-refractivity contribution in [3.05, 3.63) is 28.7 Å². The van der Waals surface area contributed by atoms with E-state index >= 15 is 0 Å². The van der Waals surface area contributed by atoms with E-state index in [1.807, 2.05) is 0 Å². The molecule has 7 heteroatoms. The Morgan fingerprint density at radius 1 is 1.24 bits per heavy atom. The molecule has 0 aliphatic rings. The van der Waals surface area contributed by atoms with Crippen LogP contribution in [0.15, 0.2) is 33.6 Å². The lowest BCUT2D eigenvalue weighted by molar-refractivity contribution is 0.180. The van der Waals surface area contributed by atoms with Gasteiger partial charge in [0, 0.05) is 10.0 Å². The van der Waals surface area contributed by atoms with Crippen LogP contribution < -0.4 is 5.32 Å². The summed E-state index contributed by atoms with van der Waals surface area (Å²) in [5.41, 5.74) is -0.548. The SMILES string of the molecule is CC(C)(CCCCS(=O)(=O)c1ccc(Br)cc1)NC(=O)O. The predicted molar refractivity (Wildman–Crippen MR) is 85.3 cm³/mol. The highest BCUT2D eigenvalue weighted by Gasteiger charge is 2.20. The Bertz CT molecular complexity index is 581. The maximum atomic E-state index is 12.1. The lowest BCUT2D eigenvalue weighted by atomic mass is 9.98. The number of halogens is 1. The summed E-state index contributed by atoms with van der Waals surface area (Å²) >= 11 is 3.27. The van der Waals surface area contributed by atoms with Crippen LogP contribution in [0, 0.1) is 0 Å². The molecule has 0 saturated carbocycles. The molecule has 0 unspecified atom stereocenters. The fourth-order valence-corrected chi connectivity index (χ4v) is 3.61. The Kier molecular flexibility index (Phi) is 6.22. The average molecular weight is 378 g/mol. The van der Waals surface area contributed by atoms with Gasteiger partial charge in [-0.05, 0) is 51.0 Å². The highest BCUT2D eigenvalue weighted by atomic mass is 79.9. The van der Waals surface area contributed by atoms with Crippen molar-refractivity contribution < 1.29 is 18.3 Å². The summed E-state index contributed by atoms with van der Waals surface area (Å²) in [6.45, 7) is 3.56. The molecule has 1 aromatic carbocycles. The zero-order chi connectivity index (χ0) is 16.1. The molecule has 0 aliphatic heterocycles. The molecular weight excluding hydrogens is 358 g/mol. The first-order chi connectivity index (χ1) is 9.62. The van der Waals surface area contributed by atoms with Gasteiger partial charge >= 0.3 is 6.09 Å². The van der Waals surface area contributed by atoms with Crippen LogP contribution in [0.3, 0.4) is 0 Å². The van der Waals surface area contributed by atoms with E-state index in [-0.39, 0.29) is 5.75 Å². The van der Waals surface area contributed by atoms with Crippen molar-refractivity contribution >= 4 is 31.9 Å². The second kappa shape index (κ2) is 7.26. The fourth-order valence-electron chi connectivity index (χ4n) is 1.97. The summed E-state index contributed by atoms with van der Waals surface area (Å²) in [5, 5.41) is 11.1. The average Bonchev–Trinajstić information content (AvgIpc) is 2.34. The van der Waals surface area contributed by atoms with Gasteiger partial charge in [0.25, 0.3) is 0 Å². The molecule has 5 nitrogen and oxygen atoms in total. The molecule has 118 valence electrons.